The molecule has 0 aromatic rings. The van der Waals surface area contributed by atoms with Crippen LogP contribution >= 0.6 is 0 Å². The molecule has 29 heavy (non-hydrogen) atoms. The molecule has 0 radical (unpaired) electrons. The van der Waals surface area contributed by atoms with Crippen molar-refractivity contribution in [1.29, 1.82) is 0 Å². The molecule has 1 aliphatic rings. The summed E-state index contributed by atoms with van der Waals surface area (Å²) in [5, 5.41) is 17.4. The number of rotatable bonds is 14. The van der Waals surface area contributed by atoms with Crippen LogP contribution in [-0.4, -0.2) is 47.2 Å². The van der Waals surface area contributed by atoms with Gasteiger partial charge in [-0.3, -0.25) is 9.59 Å². The lowest BCUT2D eigenvalue weighted by atomic mass is 9.95. The van der Waals surface area contributed by atoms with Crippen LogP contribution in [0.15, 0.2) is 12.2 Å². The highest BCUT2D eigenvalue weighted by Crippen LogP contribution is 2.20. The number of allylic oxidation sites excluding steroid dienone is 1. The van der Waals surface area contributed by atoms with Gasteiger partial charge in [0, 0.05) is 6.04 Å². The first-order valence-corrected chi connectivity index (χ1v) is 11.7. The zero-order valence-corrected chi connectivity index (χ0v) is 19.1. The van der Waals surface area contributed by atoms with Crippen molar-refractivity contribution < 1.29 is 19.8 Å². The Balaban J connectivity index is 0.000000717. The molecule has 1 rings (SSSR count). The molecule has 1 aliphatic carbocycles. The number of nitrogens with zero attached hydrogens (tertiary/aromatic N) is 1. The fraction of sp³-hybridized carbons (Fsp3) is 0.833. The van der Waals surface area contributed by atoms with E-state index in [2.05, 4.69) is 25.9 Å². The van der Waals surface area contributed by atoms with Crippen LogP contribution in [0.4, 0.5) is 0 Å². The molecule has 0 saturated heterocycles. The molecule has 5 heteroatoms. The minimum Gasteiger partial charge on any atom is -0.481 e. The van der Waals surface area contributed by atoms with Crippen molar-refractivity contribution >= 4 is 11.9 Å². The molecule has 5 nitrogen and oxygen atoms in total. The Morgan fingerprint density at radius 2 is 1.48 bits per heavy atom. The third-order valence-corrected chi connectivity index (χ3v) is 5.61. The second-order valence-corrected chi connectivity index (χ2v) is 8.49. The first kappa shape index (κ1) is 27.6. The minimum atomic E-state index is -1.07. The lowest BCUT2D eigenvalue weighted by Crippen LogP contribution is -2.29. The van der Waals surface area contributed by atoms with Gasteiger partial charge in [0.1, 0.15) is 0 Å². The molecular formula is C24H45NO4. The van der Waals surface area contributed by atoms with Crippen LogP contribution in [0, 0.1) is 5.92 Å². The summed E-state index contributed by atoms with van der Waals surface area (Å²) in [5.74, 6) is -3.05. The third kappa shape index (κ3) is 17.2. The van der Waals surface area contributed by atoms with Gasteiger partial charge in [0.05, 0.1) is 12.3 Å². The number of aliphatic carboxylic acids is 2. The Morgan fingerprint density at radius 1 is 0.931 bits per heavy atom. The third-order valence-electron chi connectivity index (χ3n) is 5.61. The minimum absolute atomic E-state index is 0.344. The van der Waals surface area contributed by atoms with Gasteiger partial charge in [0.2, 0.25) is 0 Å². The summed E-state index contributed by atoms with van der Waals surface area (Å²) < 4.78 is 0. The highest BCUT2D eigenvalue weighted by molar-refractivity contribution is 5.79. The topological polar surface area (TPSA) is 77.8 Å². The molecule has 0 spiro atoms. The first-order chi connectivity index (χ1) is 13.9. The molecule has 0 bridgehead atoms. The van der Waals surface area contributed by atoms with Gasteiger partial charge in [-0.05, 0) is 39.8 Å². The van der Waals surface area contributed by atoms with Crippen LogP contribution in [0.1, 0.15) is 103 Å². The first-order valence-electron chi connectivity index (χ1n) is 11.7. The number of hydrogen-bond acceptors (Lipinski definition) is 3. The van der Waals surface area contributed by atoms with E-state index in [1.807, 2.05) is 0 Å². The summed E-state index contributed by atoms with van der Waals surface area (Å²) in [4.78, 5) is 23.7. The molecule has 0 heterocycles. The summed E-state index contributed by atoms with van der Waals surface area (Å²) in [5.41, 5.74) is 0. The van der Waals surface area contributed by atoms with Gasteiger partial charge in [0.25, 0.3) is 0 Å². The van der Waals surface area contributed by atoms with Gasteiger partial charge < -0.3 is 15.1 Å². The van der Waals surface area contributed by atoms with Crippen LogP contribution < -0.4 is 0 Å². The molecule has 1 fully saturated rings. The average Bonchev–Trinajstić information content (AvgIpc) is 2.69. The summed E-state index contributed by atoms with van der Waals surface area (Å²) in [6.45, 7) is 2.21. The zero-order chi connectivity index (χ0) is 21.9. The largest absolute Gasteiger partial charge is 0.481 e. The maximum atomic E-state index is 10.8. The lowest BCUT2D eigenvalue weighted by molar-refractivity contribution is -0.146. The molecule has 1 unspecified atom stereocenters. The summed E-state index contributed by atoms with van der Waals surface area (Å²) in [6, 6.07) is 0.888. The monoisotopic (exact) mass is 411 g/mol. The van der Waals surface area contributed by atoms with Crippen molar-refractivity contribution in [2.24, 2.45) is 5.92 Å². The molecule has 1 saturated carbocycles. The van der Waals surface area contributed by atoms with Crippen molar-refractivity contribution in [2.75, 3.05) is 14.1 Å². The number of carboxylic acids is 2. The maximum Gasteiger partial charge on any atom is 0.310 e. The predicted molar refractivity (Wildman–Crippen MR) is 120 cm³/mol. The fourth-order valence-corrected chi connectivity index (χ4v) is 3.68. The van der Waals surface area contributed by atoms with E-state index >= 15 is 0 Å². The van der Waals surface area contributed by atoms with Gasteiger partial charge in [-0.15, -0.1) is 0 Å². The Hall–Kier alpha value is -1.36. The van der Waals surface area contributed by atoms with Crippen LogP contribution in [0.2, 0.25) is 0 Å². The van der Waals surface area contributed by atoms with Crippen LogP contribution in [0.25, 0.3) is 0 Å². The van der Waals surface area contributed by atoms with Crippen molar-refractivity contribution in [2.45, 2.75) is 109 Å². The van der Waals surface area contributed by atoms with Crippen LogP contribution in [0.5, 0.6) is 0 Å². The predicted octanol–water partition coefficient (Wildman–Crippen LogP) is 6.13. The molecular weight excluding hydrogens is 366 g/mol. The van der Waals surface area contributed by atoms with E-state index in [1.54, 1.807) is 6.08 Å². The van der Waals surface area contributed by atoms with Crippen molar-refractivity contribution in [3.8, 4) is 0 Å². The van der Waals surface area contributed by atoms with Crippen LogP contribution in [-0.2, 0) is 9.59 Å². The second kappa shape index (κ2) is 18.7. The standard InChI is InChI=1S/C16H28O4.C8H17N/c1-2-3-4-5-6-7-8-9-10-11-12-14(16(19)20)13-15(17)18;1-9(2)8-6-4-3-5-7-8/h11-12,14H,2-10,13H2,1H3,(H,17,18)(H,19,20);8H,3-7H2,1-2H3/b12-11+;. The second-order valence-electron chi connectivity index (χ2n) is 8.49. The zero-order valence-electron chi connectivity index (χ0n) is 19.1. The summed E-state index contributed by atoms with van der Waals surface area (Å²) >= 11 is 0. The number of carboxylic acid groups (broad SMARTS) is 2. The fourth-order valence-electron chi connectivity index (χ4n) is 3.68. The van der Waals surface area contributed by atoms with Crippen molar-refractivity contribution in [3.63, 3.8) is 0 Å². The molecule has 0 aromatic heterocycles. The Bertz CT molecular complexity index is 442. The van der Waals surface area contributed by atoms with Gasteiger partial charge in [-0.2, -0.15) is 0 Å². The van der Waals surface area contributed by atoms with E-state index in [-0.39, 0.29) is 6.42 Å². The van der Waals surface area contributed by atoms with Crippen molar-refractivity contribution in [3.05, 3.63) is 12.2 Å². The molecule has 170 valence electrons. The molecule has 1 atom stereocenters. The van der Waals surface area contributed by atoms with Gasteiger partial charge >= 0.3 is 11.9 Å². The van der Waals surface area contributed by atoms with Crippen LogP contribution in [0.3, 0.4) is 0 Å². The van der Waals surface area contributed by atoms with Gasteiger partial charge in [0.15, 0.2) is 0 Å². The molecule has 0 aliphatic heterocycles. The Labute approximate surface area is 178 Å². The van der Waals surface area contributed by atoms with E-state index in [4.69, 9.17) is 10.2 Å². The summed E-state index contributed by atoms with van der Waals surface area (Å²) in [6.07, 6.45) is 20.9. The van der Waals surface area contributed by atoms with E-state index in [0.29, 0.717) is 0 Å². The van der Waals surface area contributed by atoms with Crippen molar-refractivity contribution in [1.82, 2.24) is 4.90 Å². The lowest BCUT2D eigenvalue weighted by Gasteiger charge is -2.27. The van der Waals surface area contributed by atoms with E-state index in [9.17, 15) is 9.59 Å². The normalized spacial score (nSPS) is 15.9. The Kier molecular flexibility index (Phi) is 17.8. The molecule has 0 amide bonds. The highest BCUT2D eigenvalue weighted by atomic mass is 16.4. The molecule has 2 N–H and O–H groups in total. The van der Waals surface area contributed by atoms with E-state index in [0.717, 1.165) is 25.3 Å². The quantitative estimate of drug-likeness (QED) is 0.265. The average molecular weight is 412 g/mol. The van der Waals surface area contributed by atoms with E-state index < -0.39 is 17.9 Å². The van der Waals surface area contributed by atoms with E-state index in [1.165, 1.54) is 76.7 Å². The summed E-state index contributed by atoms with van der Waals surface area (Å²) in [7, 11) is 4.38. The highest BCUT2D eigenvalue weighted by Gasteiger charge is 2.17. The van der Waals surface area contributed by atoms with Gasteiger partial charge in [-0.25, -0.2) is 0 Å². The van der Waals surface area contributed by atoms with Gasteiger partial charge in [-0.1, -0.05) is 83.3 Å². The molecule has 0 aromatic carbocycles. The maximum absolute atomic E-state index is 10.8. The SMILES string of the molecule is CCCCCCCCCC/C=C/C(CC(=O)O)C(=O)O.CN(C)C1CCCCC1. The Morgan fingerprint density at radius 3 is 1.93 bits per heavy atom. The number of unbranched alkanes of at least 4 members (excludes halogenated alkanes) is 8. The number of hydrogen-bond donors (Lipinski definition) is 2. The smallest absolute Gasteiger partial charge is 0.310 e. The number of carbonyl (C=O) groups is 2.